The minimum Gasteiger partial charge on any atom is -0.508 e. The summed E-state index contributed by atoms with van der Waals surface area (Å²) in [4.78, 5) is 25.2. The zero-order chi connectivity index (χ0) is 34.1. The van der Waals surface area contributed by atoms with Crippen LogP contribution in [0.25, 0.3) is 5.57 Å². The van der Waals surface area contributed by atoms with Crippen molar-refractivity contribution >= 4 is 23.1 Å². The van der Waals surface area contributed by atoms with Gasteiger partial charge in [0.05, 0.1) is 24.2 Å². The van der Waals surface area contributed by atoms with E-state index in [1.165, 1.54) is 19.1 Å². The van der Waals surface area contributed by atoms with Gasteiger partial charge in [0.25, 0.3) is 0 Å². The topological polar surface area (TPSA) is 205 Å². The number of carbonyl (C=O) groups excluding carboxylic acids is 2. The van der Waals surface area contributed by atoms with E-state index in [1.54, 1.807) is 51.1 Å². The molecule has 13 nitrogen and oxygen atoms in total. The molecule has 0 saturated carbocycles. The molecular weight excluding hydrogens is 594 g/mol. The summed E-state index contributed by atoms with van der Waals surface area (Å²) in [6.07, 6.45) is -2.43. The maximum atomic E-state index is 13.3. The van der Waals surface area contributed by atoms with Gasteiger partial charge in [0, 0.05) is 24.2 Å². The molecule has 0 radical (unpaired) electrons. The number of allylic oxidation sites excluding steroid dienone is 1. The number of anilines is 1. The van der Waals surface area contributed by atoms with Crippen LogP contribution in [0.4, 0.5) is 5.69 Å². The first-order valence-electron chi connectivity index (χ1n) is 15.5. The smallest absolute Gasteiger partial charge is 0.237 e. The largest absolute Gasteiger partial charge is 0.508 e. The third-order valence-electron chi connectivity index (χ3n) is 7.87. The fourth-order valence-corrected chi connectivity index (χ4v) is 5.22. The van der Waals surface area contributed by atoms with Gasteiger partial charge < -0.3 is 46.2 Å². The predicted octanol–water partition coefficient (Wildman–Crippen LogP) is 1.11. The highest BCUT2D eigenvalue weighted by Crippen LogP contribution is 2.33. The number of ether oxygens (including phenoxy) is 1. The van der Waals surface area contributed by atoms with E-state index >= 15 is 0 Å². The fraction of sp³-hybridized carbons (Fsp3) is 0.515. The van der Waals surface area contributed by atoms with Gasteiger partial charge in [-0.3, -0.25) is 20.2 Å². The second-order valence-corrected chi connectivity index (χ2v) is 12.1. The van der Waals surface area contributed by atoms with Gasteiger partial charge >= 0.3 is 0 Å². The van der Waals surface area contributed by atoms with Gasteiger partial charge in [0.15, 0.2) is 0 Å². The van der Waals surface area contributed by atoms with Gasteiger partial charge in [-0.2, -0.15) is 0 Å². The number of phenols is 1. The minimum atomic E-state index is -1.29. The molecular formula is C33H49N5O8. The first kappa shape index (κ1) is 36.7. The molecule has 2 amide bonds. The molecule has 2 aromatic rings. The number of fused-ring (bicyclic) bond motifs is 1. The Morgan fingerprint density at radius 1 is 0.913 bits per heavy atom. The Labute approximate surface area is 270 Å². The molecule has 0 aromatic heterocycles. The Hall–Kier alpha value is -3.72. The molecule has 10 N–H and O–H groups in total. The summed E-state index contributed by atoms with van der Waals surface area (Å²) in [5.74, 6) is -0.527. The third kappa shape index (κ3) is 10.4. The number of aromatic hydroxyl groups is 1. The van der Waals surface area contributed by atoms with E-state index < -0.39 is 55.0 Å². The Bertz CT molecular complexity index is 1340. The van der Waals surface area contributed by atoms with Crippen LogP contribution in [-0.2, 0) is 16.0 Å². The molecule has 13 heteroatoms. The second kappa shape index (κ2) is 16.7. The predicted molar refractivity (Wildman–Crippen MR) is 174 cm³/mol. The van der Waals surface area contributed by atoms with Crippen molar-refractivity contribution in [2.75, 3.05) is 5.32 Å². The van der Waals surface area contributed by atoms with Crippen molar-refractivity contribution in [1.29, 1.82) is 0 Å². The van der Waals surface area contributed by atoms with Gasteiger partial charge in [-0.25, -0.2) is 0 Å². The Balaban J connectivity index is 1.60. The number of aliphatic hydroxyl groups is 4. The molecule has 46 heavy (non-hydrogen) atoms. The first-order valence-corrected chi connectivity index (χ1v) is 15.5. The zero-order valence-corrected chi connectivity index (χ0v) is 27.2. The van der Waals surface area contributed by atoms with Crippen LogP contribution in [0.1, 0.15) is 59.1 Å². The number of nitrogens with one attached hydrogen (secondary N) is 5. The van der Waals surface area contributed by atoms with Crippen LogP contribution in [0.2, 0.25) is 0 Å². The zero-order valence-electron chi connectivity index (χ0n) is 27.2. The van der Waals surface area contributed by atoms with Crippen LogP contribution in [0, 0.1) is 5.92 Å². The quantitative estimate of drug-likeness (QED) is 0.117. The van der Waals surface area contributed by atoms with Crippen LogP contribution in [0.3, 0.4) is 0 Å². The standard InChI is InChI=1S/C33H49N5O8/c1-7-25(31(43)36-22-10-13-24-18(4)14-28(41)46-27(24)16-22)37-30(42)19(5)34-33(45)29(17(2)3)38-32(44)26(35-20(6)39)15-21-8-11-23(40)12-9-21/h8-14,16-17,19,25-26,28-32,36-38,40-44H,7,15H2,1-6H3,(H,34,45)(H,35,39). The summed E-state index contributed by atoms with van der Waals surface area (Å²) < 4.78 is 5.48. The summed E-state index contributed by atoms with van der Waals surface area (Å²) in [5.41, 5.74) is 3.02. The first-order chi connectivity index (χ1) is 21.7. The molecule has 0 bridgehead atoms. The average molecular weight is 644 g/mol. The lowest BCUT2D eigenvalue weighted by molar-refractivity contribution is -0.127. The molecule has 0 spiro atoms. The lowest BCUT2D eigenvalue weighted by Gasteiger charge is -2.33. The lowest BCUT2D eigenvalue weighted by atomic mass is 10.00. The maximum absolute atomic E-state index is 13.3. The van der Waals surface area contributed by atoms with Crippen molar-refractivity contribution in [3.05, 3.63) is 59.7 Å². The number of rotatable bonds is 16. The molecule has 1 heterocycles. The van der Waals surface area contributed by atoms with Crippen molar-refractivity contribution in [3.63, 3.8) is 0 Å². The van der Waals surface area contributed by atoms with E-state index in [4.69, 9.17) is 4.74 Å². The molecule has 0 saturated heterocycles. The highest BCUT2D eigenvalue weighted by atomic mass is 16.6. The summed E-state index contributed by atoms with van der Waals surface area (Å²) in [6, 6.07) is 8.62. The number of benzene rings is 2. The van der Waals surface area contributed by atoms with Gasteiger partial charge in [0.1, 0.15) is 30.2 Å². The van der Waals surface area contributed by atoms with Gasteiger partial charge in [-0.1, -0.05) is 32.9 Å². The van der Waals surface area contributed by atoms with Crippen LogP contribution < -0.4 is 31.3 Å². The van der Waals surface area contributed by atoms with Crippen molar-refractivity contribution in [1.82, 2.24) is 21.3 Å². The summed E-state index contributed by atoms with van der Waals surface area (Å²) in [5, 5.41) is 66.7. The van der Waals surface area contributed by atoms with Crippen LogP contribution in [0.15, 0.2) is 48.5 Å². The Morgan fingerprint density at radius 3 is 2.20 bits per heavy atom. The number of hydrogen-bond acceptors (Lipinski definition) is 11. The SMILES string of the molecule is CCC(NC(O)C(C)NC(=O)C(NC(O)C(Cc1ccc(O)cc1)NC(C)=O)C(C)C)C(O)Nc1ccc2c(c1)OC(O)C=C2C. The van der Waals surface area contributed by atoms with Gasteiger partial charge in [-0.15, -0.1) is 0 Å². The van der Waals surface area contributed by atoms with Gasteiger partial charge in [-0.05, 0) is 74.1 Å². The molecule has 254 valence electrons. The molecule has 1 aliphatic rings. The number of aliphatic hydroxyl groups excluding tert-OH is 4. The highest BCUT2D eigenvalue weighted by Gasteiger charge is 2.31. The molecule has 1 aliphatic heterocycles. The fourth-order valence-electron chi connectivity index (χ4n) is 5.22. The summed E-state index contributed by atoms with van der Waals surface area (Å²) >= 11 is 0. The molecule has 0 fully saturated rings. The van der Waals surface area contributed by atoms with Crippen molar-refractivity contribution in [2.45, 2.75) is 104 Å². The van der Waals surface area contributed by atoms with E-state index in [0.717, 1.165) is 16.7 Å². The van der Waals surface area contributed by atoms with E-state index in [2.05, 4.69) is 26.6 Å². The van der Waals surface area contributed by atoms with Crippen LogP contribution in [-0.4, -0.2) is 86.5 Å². The number of hydrogen-bond donors (Lipinski definition) is 10. The average Bonchev–Trinajstić information content (AvgIpc) is 2.98. The maximum Gasteiger partial charge on any atom is 0.237 e. The minimum absolute atomic E-state index is 0.0934. The summed E-state index contributed by atoms with van der Waals surface area (Å²) in [7, 11) is 0. The highest BCUT2D eigenvalue weighted by molar-refractivity contribution is 5.82. The van der Waals surface area contributed by atoms with E-state index in [0.29, 0.717) is 17.9 Å². The number of carbonyl (C=O) groups is 2. The molecule has 0 aliphatic carbocycles. The van der Waals surface area contributed by atoms with Crippen LogP contribution >= 0.6 is 0 Å². The molecule has 2 aromatic carbocycles. The van der Waals surface area contributed by atoms with Crippen molar-refractivity contribution in [2.24, 2.45) is 5.92 Å². The third-order valence-corrected chi connectivity index (χ3v) is 7.87. The van der Waals surface area contributed by atoms with Crippen LogP contribution in [0.5, 0.6) is 11.5 Å². The van der Waals surface area contributed by atoms with E-state index in [1.807, 2.05) is 19.9 Å². The number of phenolic OH excluding ortho intramolecular Hbond substituents is 1. The number of amides is 2. The van der Waals surface area contributed by atoms with Crippen molar-refractivity contribution in [3.8, 4) is 11.5 Å². The van der Waals surface area contributed by atoms with E-state index in [-0.39, 0.29) is 24.0 Å². The molecule has 8 atom stereocenters. The molecule has 8 unspecified atom stereocenters. The monoisotopic (exact) mass is 643 g/mol. The van der Waals surface area contributed by atoms with Gasteiger partial charge in [0.2, 0.25) is 18.1 Å². The normalized spacial score (nSPS) is 18.9. The van der Waals surface area contributed by atoms with Crippen molar-refractivity contribution < 1.29 is 39.9 Å². The Morgan fingerprint density at radius 2 is 1.59 bits per heavy atom. The van der Waals surface area contributed by atoms with E-state index in [9.17, 15) is 35.1 Å². The lowest BCUT2D eigenvalue weighted by Crippen LogP contribution is -2.61. The second-order valence-electron chi connectivity index (χ2n) is 12.1. The Kier molecular flexibility index (Phi) is 13.4. The summed E-state index contributed by atoms with van der Waals surface area (Å²) in [6.45, 7) is 10.3. The molecule has 3 rings (SSSR count).